The number of anilines is 1. The Labute approximate surface area is 177 Å². The van der Waals surface area contributed by atoms with Gasteiger partial charge in [0.15, 0.2) is 5.82 Å². The van der Waals surface area contributed by atoms with Gasteiger partial charge in [0, 0.05) is 69.2 Å². The SMILES string of the molecule is CN1CCN(CC2CN(c3nc(-c4cccnc4)nc4ccccc34)CCO2)CC1. The van der Waals surface area contributed by atoms with E-state index >= 15 is 0 Å². The molecule has 1 atom stereocenters. The number of hydrogen-bond donors (Lipinski definition) is 0. The van der Waals surface area contributed by atoms with Crippen molar-refractivity contribution in [1.82, 2.24) is 24.8 Å². The summed E-state index contributed by atoms with van der Waals surface area (Å²) in [7, 11) is 2.19. The van der Waals surface area contributed by atoms with Crippen molar-refractivity contribution in [2.75, 3.05) is 64.4 Å². The number of piperazine rings is 1. The Hall–Kier alpha value is -2.61. The van der Waals surface area contributed by atoms with Crippen molar-refractivity contribution in [2.24, 2.45) is 0 Å². The van der Waals surface area contributed by atoms with Crippen molar-refractivity contribution in [1.29, 1.82) is 0 Å². The van der Waals surface area contributed by atoms with Crippen molar-refractivity contribution >= 4 is 16.7 Å². The molecule has 0 spiro atoms. The molecule has 156 valence electrons. The van der Waals surface area contributed by atoms with Crippen LogP contribution in [0.3, 0.4) is 0 Å². The van der Waals surface area contributed by atoms with Crippen LogP contribution in [-0.4, -0.2) is 90.3 Å². The Morgan fingerprint density at radius 1 is 1.00 bits per heavy atom. The van der Waals surface area contributed by atoms with Gasteiger partial charge in [-0.15, -0.1) is 0 Å². The molecule has 0 aliphatic carbocycles. The molecule has 1 unspecified atom stereocenters. The van der Waals surface area contributed by atoms with Crippen LogP contribution in [0, 0.1) is 0 Å². The van der Waals surface area contributed by atoms with Gasteiger partial charge in [0.05, 0.1) is 18.2 Å². The Morgan fingerprint density at radius 3 is 2.70 bits per heavy atom. The lowest BCUT2D eigenvalue weighted by molar-refractivity contribution is 0.00669. The summed E-state index contributed by atoms with van der Waals surface area (Å²) < 4.78 is 6.14. The summed E-state index contributed by atoms with van der Waals surface area (Å²) in [4.78, 5) is 21.3. The first kappa shape index (κ1) is 19.4. The minimum atomic E-state index is 0.192. The van der Waals surface area contributed by atoms with Crippen molar-refractivity contribution < 1.29 is 4.74 Å². The van der Waals surface area contributed by atoms with Crippen LogP contribution in [0.25, 0.3) is 22.3 Å². The molecule has 2 aliphatic heterocycles. The first-order valence-corrected chi connectivity index (χ1v) is 10.7. The van der Waals surface area contributed by atoms with Crippen LogP contribution < -0.4 is 4.90 Å². The molecule has 7 nitrogen and oxygen atoms in total. The van der Waals surface area contributed by atoms with Gasteiger partial charge >= 0.3 is 0 Å². The highest BCUT2D eigenvalue weighted by Gasteiger charge is 2.26. The number of aromatic nitrogens is 3. The van der Waals surface area contributed by atoms with E-state index in [1.807, 2.05) is 24.4 Å². The second kappa shape index (κ2) is 8.63. The van der Waals surface area contributed by atoms with E-state index in [2.05, 4.69) is 44.9 Å². The molecule has 2 aromatic heterocycles. The Bertz CT molecular complexity index is 989. The zero-order valence-corrected chi connectivity index (χ0v) is 17.4. The molecule has 0 saturated carbocycles. The lowest BCUT2D eigenvalue weighted by atomic mass is 10.1. The summed E-state index contributed by atoms with van der Waals surface area (Å²) in [5.41, 5.74) is 1.90. The molecule has 7 heteroatoms. The predicted octanol–water partition coefficient (Wildman–Crippen LogP) is 2.14. The largest absolute Gasteiger partial charge is 0.373 e. The van der Waals surface area contributed by atoms with Gasteiger partial charge in [-0.3, -0.25) is 9.88 Å². The minimum absolute atomic E-state index is 0.192. The molecule has 30 heavy (non-hydrogen) atoms. The van der Waals surface area contributed by atoms with Crippen LogP contribution in [0.1, 0.15) is 0 Å². The summed E-state index contributed by atoms with van der Waals surface area (Å²) in [5.74, 6) is 1.71. The molecule has 5 rings (SSSR count). The van der Waals surface area contributed by atoms with Crippen LogP contribution in [0.5, 0.6) is 0 Å². The fourth-order valence-corrected chi connectivity index (χ4v) is 4.27. The highest BCUT2D eigenvalue weighted by atomic mass is 16.5. The van der Waals surface area contributed by atoms with E-state index in [0.29, 0.717) is 0 Å². The molecule has 2 fully saturated rings. The van der Waals surface area contributed by atoms with Crippen LogP contribution in [0.2, 0.25) is 0 Å². The third kappa shape index (κ3) is 4.14. The normalized spacial score (nSPS) is 21.2. The van der Waals surface area contributed by atoms with Crippen molar-refractivity contribution in [2.45, 2.75) is 6.10 Å². The molecular formula is C23H28N6O. The second-order valence-electron chi connectivity index (χ2n) is 8.17. The number of hydrogen-bond acceptors (Lipinski definition) is 7. The van der Waals surface area contributed by atoms with E-state index < -0.39 is 0 Å². The van der Waals surface area contributed by atoms with Gasteiger partial charge in [0.2, 0.25) is 0 Å². The summed E-state index contributed by atoms with van der Waals surface area (Å²) in [6.07, 6.45) is 3.79. The van der Waals surface area contributed by atoms with Crippen molar-refractivity contribution in [3.05, 3.63) is 48.8 Å². The van der Waals surface area contributed by atoms with Crippen molar-refractivity contribution in [3.8, 4) is 11.4 Å². The second-order valence-corrected chi connectivity index (χ2v) is 8.17. The lowest BCUT2D eigenvalue weighted by Gasteiger charge is -2.39. The Kier molecular flexibility index (Phi) is 5.57. The number of nitrogens with zero attached hydrogens (tertiary/aromatic N) is 6. The van der Waals surface area contributed by atoms with E-state index in [1.165, 1.54) is 0 Å². The fourth-order valence-electron chi connectivity index (χ4n) is 4.27. The van der Waals surface area contributed by atoms with Crippen LogP contribution in [-0.2, 0) is 4.74 Å². The summed E-state index contributed by atoms with van der Waals surface area (Å²) in [6.45, 7) is 7.85. The van der Waals surface area contributed by atoms with E-state index in [4.69, 9.17) is 14.7 Å². The quantitative estimate of drug-likeness (QED) is 0.660. The zero-order chi connectivity index (χ0) is 20.3. The highest BCUT2D eigenvalue weighted by molar-refractivity contribution is 5.91. The van der Waals surface area contributed by atoms with Gasteiger partial charge in [-0.2, -0.15) is 0 Å². The standard InChI is InChI=1S/C23H28N6O/c1-27-9-11-28(12-10-27)16-19-17-29(13-14-30-19)23-20-6-2-3-7-21(20)25-22(26-23)18-5-4-8-24-15-18/h2-8,15,19H,9-14,16-17H2,1H3. The molecule has 0 N–H and O–H groups in total. The molecule has 1 aromatic carbocycles. The van der Waals surface area contributed by atoms with Crippen LogP contribution >= 0.6 is 0 Å². The van der Waals surface area contributed by atoms with Crippen molar-refractivity contribution in [3.63, 3.8) is 0 Å². The minimum Gasteiger partial charge on any atom is -0.373 e. The Morgan fingerprint density at radius 2 is 1.87 bits per heavy atom. The monoisotopic (exact) mass is 404 g/mol. The summed E-state index contributed by atoms with van der Waals surface area (Å²) >= 11 is 0. The van der Waals surface area contributed by atoms with Gasteiger partial charge in [0.1, 0.15) is 5.82 Å². The molecule has 4 heterocycles. The number of rotatable bonds is 4. The first-order chi connectivity index (χ1) is 14.8. The van der Waals surface area contributed by atoms with E-state index in [-0.39, 0.29) is 6.10 Å². The summed E-state index contributed by atoms with van der Waals surface area (Å²) in [5, 5.41) is 1.09. The molecule has 0 amide bonds. The van der Waals surface area contributed by atoms with Crippen LogP contribution in [0.15, 0.2) is 48.8 Å². The average molecular weight is 405 g/mol. The summed E-state index contributed by atoms with van der Waals surface area (Å²) in [6, 6.07) is 12.2. The first-order valence-electron chi connectivity index (χ1n) is 10.7. The number of pyridine rings is 1. The fraction of sp³-hybridized carbons (Fsp3) is 0.435. The number of morpholine rings is 1. The van der Waals surface area contributed by atoms with Gasteiger partial charge in [-0.25, -0.2) is 9.97 Å². The van der Waals surface area contributed by atoms with Gasteiger partial charge in [-0.1, -0.05) is 12.1 Å². The third-order valence-electron chi connectivity index (χ3n) is 6.00. The highest BCUT2D eigenvalue weighted by Crippen LogP contribution is 2.28. The Balaban J connectivity index is 1.42. The maximum Gasteiger partial charge on any atom is 0.163 e. The third-order valence-corrected chi connectivity index (χ3v) is 6.00. The molecule has 2 saturated heterocycles. The van der Waals surface area contributed by atoms with Gasteiger partial charge in [0.25, 0.3) is 0 Å². The number of likely N-dealkylation sites (N-methyl/N-ethyl adjacent to an activating group) is 1. The maximum atomic E-state index is 6.14. The average Bonchev–Trinajstić information content (AvgIpc) is 2.81. The van der Waals surface area contributed by atoms with E-state index in [9.17, 15) is 0 Å². The molecule has 0 bridgehead atoms. The lowest BCUT2D eigenvalue weighted by Crippen LogP contribution is -2.52. The molecular weight excluding hydrogens is 376 g/mol. The number of fused-ring (bicyclic) bond motifs is 1. The topological polar surface area (TPSA) is 57.6 Å². The predicted molar refractivity (Wildman–Crippen MR) is 119 cm³/mol. The number of para-hydroxylation sites is 1. The zero-order valence-electron chi connectivity index (χ0n) is 17.4. The van der Waals surface area contributed by atoms with E-state index in [1.54, 1.807) is 6.20 Å². The van der Waals surface area contributed by atoms with Gasteiger partial charge < -0.3 is 14.5 Å². The molecule has 3 aromatic rings. The van der Waals surface area contributed by atoms with E-state index in [0.717, 1.165) is 80.5 Å². The number of benzene rings is 1. The van der Waals surface area contributed by atoms with Gasteiger partial charge in [-0.05, 0) is 31.3 Å². The molecule has 0 radical (unpaired) electrons. The van der Waals surface area contributed by atoms with Crippen LogP contribution in [0.4, 0.5) is 5.82 Å². The maximum absolute atomic E-state index is 6.14. The molecule has 2 aliphatic rings. The number of ether oxygens (including phenoxy) is 1. The smallest absolute Gasteiger partial charge is 0.163 e.